The van der Waals surface area contributed by atoms with Crippen molar-refractivity contribution < 1.29 is 13.6 Å². The molecule has 0 fully saturated rings. The van der Waals surface area contributed by atoms with Crippen molar-refractivity contribution in [1.82, 2.24) is 4.67 Å². The minimum Gasteiger partial charge on any atom is -0.296 e. The number of rotatable bonds is 9. The minimum atomic E-state index is -3.25. The standard InChI is InChI=1S/C11H23ClNO3P/c1-6-13(7-2)17(14,15-8-10(3)4)16-9-11(5)12/h10H,5-9H2,1-4H3. The summed E-state index contributed by atoms with van der Waals surface area (Å²) in [7, 11) is -3.25. The Labute approximate surface area is 110 Å². The van der Waals surface area contributed by atoms with Crippen LogP contribution in [0.3, 0.4) is 0 Å². The fourth-order valence-electron chi connectivity index (χ4n) is 1.17. The zero-order chi connectivity index (χ0) is 13.5. The highest BCUT2D eigenvalue weighted by Gasteiger charge is 2.31. The quantitative estimate of drug-likeness (QED) is 0.602. The van der Waals surface area contributed by atoms with Crippen LogP contribution in [0, 0.1) is 5.92 Å². The second kappa shape index (κ2) is 8.28. The van der Waals surface area contributed by atoms with Gasteiger partial charge in [-0.15, -0.1) is 0 Å². The molecule has 0 saturated heterocycles. The number of hydrogen-bond acceptors (Lipinski definition) is 3. The van der Waals surface area contributed by atoms with Crippen LogP contribution in [0.25, 0.3) is 0 Å². The molecule has 0 aliphatic rings. The van der Waals surface area contributed by atoms with E-state index in [1.54, 1.807) is 4.67 Å². The van der Waals surface area contributed by atoms with E-state index in [-0.39, 0.29) is 6.61 Å². The summed E-state index contributed by atoms with van der Waals surface area (Å²) in [5.41, 5.74) is 0. The first-order chi connectivity index (χ1) is 7.85. The third kappa shape index (κ3) is 6.58. The third-order valence-electron chi connectivity index (χ3n) is 2.03. The molecule has 1 unspecified atom stereocenters. The molecule has 0 N–H and O–H groups in total. The molecule has 17 heavy (non-hydrogen) atoms. The van der Waals surface area contributed by atoms with Crippen LogP contribution in [0.5, 0.6) is 0 Å². The molecule has 0 bridgehead atoms. The van der Waals surface area contributed by atoms with Gasteiger partial charge >= 0.3 is 7.75 Å². The Kier molecular flexibility index (Phi) is 8.35. The van der Waals surface area contributed by atoms with Gasteiger partial charge in [-0.25, -0.2) is 9.24 Å². The molecule has 0 rings (SSSR count). The van der Waals surface area contributed by atoms with Crippen LogP contribution in [0.2, 0.25) is 0 Å². The third-order valence-corrected chi connectivity index (χ3v) is 4.33. The second-order valence-electron chi connectivity index (χ2n) is 4.09. The molecule has 0 aliphatic carbocycles. The van der Waals surface area contributed by atoms with Crippen molar-refractivity contribution in [2.24, 2.45) is 5.92 Å². The maximum absolute atomic E-state index is 12.6. The average molecular weight is 284 g/mol. The first-order valence-electron chi connectivity index (χ1n) is 5.83. The highest BCUT2D eigenvalue weighted by Crippen LogP contribution is 2.52. The lowest BCUT2D eigenvalue weighted by molar-refractivity contribution is 0.156. The van der Waals surface area contributed by atoms with E-state index in [4.69, 9.17) is 20.6 Å². The fourth-order valence-corrected chi connectivity index (χ4v) is 3.20. The lowest BCUT2D eigenvalue weighted by Gasteiger charge is -2.28. The van der Waals surface area contributed by atoms with Crippen molar-refractivity contribution in [2.45, 2.75) is 27.7 Å². The first kappa shape index (κ1) is 17.1. The zero-order valence-corrected chi connectivity index (χ0v) is 12.8. The van der Waals surface area contributed by atoms with E-state index in [1.165, 1.54) is 0 Å². The Bertz CT molecular complexity index is 280. The first-order valence-corrected chi connectivity index (χ1v) is 7.70. The molecule has 6 heteroatoms. The molecule has 0 saturated carbocycles. The Morgan fingerprint density at radius 2 is 1.88 bits per heavy atom. The van der Waals surface area contributed by atoms with Crippen molar-refractivity contribution in [3.8, 4) is 0 Å². The summed E-state index contributed by atoms with van der Waals surface area (Å²) in [6, 6.07) is 0. The lowest BCUT2D eigenvalue weighted by atomic mass is 10.2. The van der Waals surface area contributed by atoms with Crippen LogP contribution in [0.4, 0.5) is 0 Å². The average Bonchev–Trinajstić information content (AvgIpc) is 2.25. The second-order valence-corrected chi connectivity index (χ2v) is 6.64. The Balaban J connectivity index is 4.66. The van der Waals surface area contributed by atoms with Gasteiger partial charge in [0.1, 0.15) is 0 Å². The van der Waals surface area contributed by atoms with E-state index in [1.807, 2.05) is 27.7 Å². The molecular formula is C11H23ClNO3P. The zero-order valence-electron chi connectivity index (χ0n) is 11.1. The smallest absolute Gasteiger partial charge is 0.296 e. The molecule has 0 amide bonds. The van der Waals surface area contributed by atoms with Gasteiger partial charge in [-0.3, -0.25) is 9.05 Å². The van der Waals surface area contributed by atoms with Gasteiger partial charge in [0.05, 0.1) is 13.2 Å². The van der Waals surface area contributed by atoms with E-state index in [0.717, 1.165) is 0 Å². The molecule has 0 aromatic rings. The summed E-state index contributed by atoms with van der Waals surface area (Å²) in [6.07, 6.45) is 0. The summed E-state index contributed by atoms with van der Waals surface area (Å²) in [5, 5.41) is 0.311. The van der Waals surface area contributed by atoms with Gasteiger partial charge in [-0.05, 0) is 5.92 Å². The monoisotopic (exact) mass is 283 g/mol. The van der Waals surface area contributed by atoms with E-state index < -0.39 is 7.75 Å². The Morgan fingerprint density at radius 1 is 1.35 bits per heavy atom. The molecule has 0 aliphatic heterocycles. The Hall–Kier alpha value is 0.140. The molecule has 0 heterocycles. The normalized spacial score (nSPS) is 15.2. The van der Waals surface area contributed by atoms with Crippen LogP contribution >= 0.6 is 19.3 Å². The van der Waals surface area contributed by atoms with E-state index in [0.29, 0.717) is 30.6 Å². The molecular weight excluding hydrogens is 261 g/mol. The highest BCUT2D eigenvalue weighted by molar-refractivity contribution is 7.51. The Morgan fingerprint density at radius 3 is 2.24 bits per heavy atom. The van der Waals surface area contributed by atoms with Crippen LogP contribution in [-0.4, -0.2) is 31.0 Å². The SMILES string of the molecule is C=C(Cl)COP(=O)(OCC(C)C)N(CC)CC. The van der Waals surface area contributed by atoms with Gasteiger partial charge in [0.15, 0.2) is 0 Å². The van der Waals surface area contributed by atoms with Crippen molar-refractivity contribution in [3.63, 3.8) is 0 Å². The summed E-state index contributed by atoms with van der Waals surface area (Å²) >= 11 is 5.62. The van der Waals surface area contributed by atoms with Crippen LogP contribution in [0.15, 0.2) is 11.6 Å². The molecule has 0 aromatic carbocycles. The van der Waals surface area contributed by atoms with Gasteiger partial charge in [-0.2, -0.15) is 0 Å². The van der Waals surface area contributed by atoms with Crippen LogP contribution < -0.4 is 0 Å². The van der Waals surface area contributed by atoms with Crippen molar-refractivity contribution in [1.29, 1.82) is 0 Å². The predicted octanol–water partition coefficient (Wildman–Crippen LogP) is 3.88. The minimum absolute atomic E-state index is 0.0351. The molecule has 102 valence electrons. The summed E-state index contributed by atoms with van der Waals surface area (Å²) in [5.74, 6) is 0.293. The van der Waals surface area contributed by atoms with Gasteiger partial charge in [-0.1, -0.05) is 45.9 Å². The molecule has 4 nitrogen and oxygen atoms in total. The van der Waals surface area contributed by atoms with Crippen molar-refractivity contribution in [3.05, 3.63) is 11.6 Å². The number of halogens is 1. The van der Waals surface area contributed by atoms with E-state index >= 15 is 0 Å². The summed E-state index contributed by atoms with van der Waals surface area (Å²) < 4.78 is 25.0. The van der Waals surface area contributed by atoms with Gasteiger partial charge < -0.3 is 0 Å². The van der Waals surface area contributed by atoms with Crippen molar-refractivity contribution in [2.75, 3.05) is 26.3 Å². The highest BCUT2D eigenvalue weighted by atomic mass is 35.5. The summed E-state index contributed by atoms with van der Waals surface area (Å²) in [4.78, 5) is 0. The molecule has 0 aromatic heterocycles. The van der Waals surface area contributed by atoms with Crippen molar-refractivity contribution >= 4 is 19.3 Å². The van der Waals surface area contributed by atoms with Gasteiger partial charge in [0, 0.05) is 18.1 Å². The molecule has 0 radical (unpaired) electrons. The van der Waals surface area contributed by atoms with E-state index in [2.05, 4.69) is 6.58 Å². The fraction of sp³-hybridized carbons (Fsp3) is 0.818. The molecule has 0 spiro atoms. The van der Waals surface area contributed by atoms with Crippen LogP contribution in [-0.2, 0) is 13.6 Å². The maximum Gasteiger partial charge on any atom is 0.408 e. The largest absolute Gasteiger partial charge is 0.408 e. The lowest BCUT2D eigenvalue weighted by Crippen LogP contribution is -2.23. The van der Waals surface area contributed by atoms with E-state index in [9.17, 15) is 4.57 Å². The topological polar surface area (TPSA) is 38.8 Å². The number of hydrogen-bond donors (Lipinski definition) is 0. The van der Waals surface area contributed by atoms with Gasteiger partial charge in [0.2, 0.25) is 0 Å². The summed E-state index contributed by atoms with van der Waals surface area (Å²) in [6.45, 7) is 12.9. The number of nitrogens with zero attached hydrogens (tertiary/aromatic N) is 1. The van der Waals surface area contributed by atoms with Gasteiger partial charge in [0.25, 0.3) is 0 Å². The predicted molar refractivity (Wildman–Crippen MR) is 72.3 cm³/mol. The molecule has 1 atom stereocenters. The van der Waals surface area contributed by atoms with Crippen LogP contribution in [0.1, 0.15) is 27.7 Å². The maximum atomic E-state index is 12.6.